The van der Waals surface area contributed by atoms with Gasteiger partial charge in [-0.25, -0.2) is 0 Å². The van der Waals surface area contributed by atoms with E-state index in [-0.39, 0.29) is 5.54 Å². The monoisotopic (exact) mass is 280 g/mol. The summed E-state index contributed by atoms with van der Waals surface area (Å²) in [7, 11) is 0. The standard InChI is InChI=1S/C17H32N2O/c1-14-11-19(12-15(2)20-14)17(3,4)13-18-10-16-8-6-5-7-9-16/h5-6,14-16,18H,7-13H2,1-4H3. The normalized spacial score (nSPS) is 32.5. The van der Waals surface area contributed by atoms with Gasteiger partial charge in [0.05, 0.1) is 12.2 Å². The van der Waals surface area contributed by atoms with E-state index in [4.69, 9.17) is 4.74 Å². The molecule has 3 atom stereocenters. The van der Waals surface area contributed by atoms with Crippen molar-refractivity contribution in [2.75, 3.05) is 26.2 Å². The Hall–Kier alpha value is -0.380. The molecule has 3 heteroatoms. The van der Waals surface area contributed by atoms with Crippen LogP contribution in [0.4, 0.5) is 0 Å². The van der Waals surface area contributed by atoms with Gasteiger partial charge in [-0.1, -0.05) is 12.2 Å². The van der Waals surface area contributed by atoms with E-state index in [1.54, 1.807) is 0 Å². The summed E-state index contributed by atoms with van der Waals surface area (Å²) in [5.74, 6) is 0.832. The number of nitrogens with one attached hydrogen (secondary N) is 1. The molecule has 3 unspecified atom stereocenters. The van der Waals surface area contributed by atoms with Gasteiger partial charge in [-0.3, -0.25) is 4.90 Å². The molecule has 0 aromatic heterocycles. The molecule has 0 bridgehead atoms. The van der Waals surface area contributed by atoms with Crippen molar-refractivity contribution in [2.45, 2.75) is 64.7 Å². The Morgan fingerprint density at radius 2 is 1.90 bits per heavy atom. The molecule has 2 aliphatic rings. The first kappa shape index (κ1) is 16.0. The smallest absolute Gasteiger partial charge is 0.0678 e. The molecule has 1 aliphatic heterocycles. The first-order valence-corrected chi connectivity index (χ1v) is 8.23. The van der Waals surface area contributed by atoms with E-state index in [0.717, 1.165) is 32.1 Å². The second kappa shape index (κ2) is 7.06. The highest BCUT2D eigenvalue weighted by molar-refractivity contribution is 4.92. The Kier molecular flexibility index (Phi) is 5.65. The molecule has 0 radical (unpaired) electrons. The number of nitrogens with zero attached hydrogens (tertiary/aromatic N) is 1. The lowest BCUT2D eigenvalue weighted by molar-refractivity contribution is -0.0952. The summed E-state index contributed by atoms with van der Waals surface area (Å²) in [5.41, 5.74) is 0.205. The second-order valence-electron chi connectivity index (χ2n) is 7.26. The minimum absolute atomic E-state index is 0.205. The Bertz CT molecular complexity index is 317. The van der Waals surface area contributed by atoms with Crippen molar-refractivity contribution in [3.05, 3.63) is 12.2 Å². The summed E-state index contributed by atoms with van der Waals surface area (Å²) < 4.78 is 5.84. The van der Waals surface area contributed by atoms with Crippen LogP contribution in [0.5, 0.6) is 0 Å². The minimum Gasteiger partial charge on any atom is -0.373 e. The average Bonchev–Trinajstić information content (AvgIpc) is 2.38. The third-order valence-corrected chi connectivity index (χ3v) is 4.64. The fourth-order valence-corrected chi connectivity index (χ4v) is 3.41. The van der Waals surface area contributed by atoms with E-state index in [1.807, 2.05) is 0 Å². The molecule has 0 saturated carbocycles. The van der Waals surface area contributed by atoms with Gasteiger partial charge in [0.15, 0.2) is 0 Å². The summed E-state index contributed by atoms with van der Waals surface area (Å²) in [6.45, 7) is 13.4. The molecule has 0 spiro atoms. The van der Waals surface area contributed by atoms with Gasteiger partial charge in [0.25, 0.3) is 0 Å². The summed E-state index contributed by atoms with van der Waals surface area (Å²) in [6.07, 6.45) is 9.20. The fourth-order valence-electron chi connectivity index (χ4n) is 3.41. The number of hydrogen-bond acceptors (Lipinski definition) is 3. The van der Waals surface area contributed by atoms with Crippen LogP contribution in [-0.2, 0) is 4.74 Å². The van der Waals surface area contributed by atoms with Crippen molar-refractivity contribution >= 4 is 0 Å². The van der Waals surface area contributed by atoms with Crippen LogP contribution in [0.25, 0.3) is 0 Å². The highest BCUT2D eigenvalue weighted by Crippen LogP contribution is 2.21. The molecular weight excluding hydrogens is 248 g/mol. The first-order chi connectivity index (χ1) is 9.47. The van der Waals surface area contributed by atoms with Crippen molar-refractivity contribution in [3.63, 3.8) is 0 Å². The van der Waals surface area contributed by atoms with Crippen LogP contribution in [0.15, 0.2) is 12.2 Å². The van der Waals surface area contributed by atoms with Gasteiger partial charge in [-0.15, -0.1) is 0 Å². The van der Waals surface area contributed by atoms with Crippen molar-refractivity contribution in [2.24, 2.45) is 5.92 Å². The van der Waals surface area contributed by atoms with E-state index in [0.29, 0.717) is 12.2 Å². The van der Waals surface area contributed by atoms with Gasteiger partial charge in [0.2, 0.25) is 0 Å². The molecule has 1 fully saturated rings. The molecule has 0 aromatic carbocycles. The van der Waals surface area contributed by atoms with Crippen LogP contribution < -0.4 is 5.32 Å². The van der Waals surface area contributed by atoms with Crippen molar-refractivity contribution < 1.29 is 4.74 Å². The molecular formula is C17H32N2O. The van der Waals surface area contributed by atoms with Crippen LogP contribution in [0.2, 0.25) is 0 Å². The Morgan fingerprint density at radius 1 is 1.20 bits per heavy atom. The molecule has 3 nitrogen and oxygen atoms in total. The van der Waals surface area contributed by atoms with Crippen LogP contribution in [0.3, 0.4) is 0 Å². The molecule has 20 heavy (non-hydrogen) atoms. The number of ether oxygens (including phenoxy) is 1. The molecule has 116 valence electrons. The summed E-state index contributed by atoms with van der Waals surface area (Å²) in [6, 6.07) is 0. The van der Waals surface area contributed by atoms with E-state index < -0.39 is 0 Å². The van der Waals surface area contributed by atoms with Gasteiger partial charge >= 0.3 is 0 Å². The van der Waals surface area contributed by atoms with Crippen LogP contribution in [0, 0.1) is 5.92 Å². The lowest BCUT2D eigenvalue weighted by atomic mass is 9.94. The van der Waals surface area contributed by atoms with Gasteiger partial charge in [-0.05, 0) is 59.4 Å². The van der Waals surface area contributed by atoms with E-state index in [1.165, 1.54) is 19.3 Å². The second-order valence-corrected chi connectivity index (χ2v) is 7.26. The zero-order valence-electron chi connectivity index (χ0n) is 13.7. The number of hydrogen-bond donors (Lipinski definition) is 1. The maximum Gasteiger partial charge on any atom is 0.0678 e. The average molecular weight is 280 g/mol. The molecule has 1 N–H and O–H groups in total. The predicted molar refractivity (Wildman–Crippen MR) is 85.0 cm³/mol. The Morgan fingerprint density at radius 3 is 2.50 bits per heavy atom. The number of allylic oxidation sites excluding steroid dienone is 2. The first-order valence-electron chi connectivity index (χ1n) is 8.23. The SMILES string of the molecule is CC1CN(C(C)(C)CNCC2CC=CCC2)CC(C)O1. The molecule has 2 rings (SSSR count). The molecule has 1 aliphatic carbocycles. The predicted octanol–water partition coefficient (Wildman–Crippen LogP) is 2.82. The van der Waals surface area contributed by atoms with Gasteiger partial charge in [-0.2, -0.15) is 0 Å². The summed E-state index contributed by atoms with van der Waals surface area (Å²) in [5, 5.41) is 3.71. The van der Waals surface area contributed by atoms with E-state index in [2.05, 4.69) is 50.1 Å². The zero-order chi connectivity index (χ0) is 14.6. The quantitative estimate of drug-likeness (QED) is 0.784. The minimum atomic E-state index is 0.205. The number of morpholine rings is 1. The van der Waals surface area contributed by atoms with E-state index >= 15 is 0 Å². The summed E-state index contributed by atoms with van der Waals surface area (Å²) >= 11 is 0. The van der Waals surface area contributed by atoms with Crippen molar-refractivity contribution in [1.29, 1.82) is 0 Å². The maximum atomic E-state index is 5.84. The maximum absolute atomic E-state index is 5.84. The highest BCUT2D eigenvalue weighted by Gasteiger charge is 2.32. The lowest BCUT2D eigenvalue weighted by Gasteiger charge is -2.45. The molecule has 1 saturated heterocycles. The van der Waals surface area contributed by atoms with Gasteiger partial charge < -0.3 is 10.1 Å². The fraction of sp³-hybridized carbons (Fsp3) is 0.882. The Labute approximate surface area is 124 Å². The van der Waals surface area contributed by atoms with Gasteiger partial charge in [0.1, 0.15) is 0 Å². The molecule has 0 amide bonds. The largest absolute Gasteiger partial charge is 0.373 e. The third-order valence-electron chi connectivity index (χ3n) is 4.64. The van der Waals surface area contributed by atoms with Crippen LogP contribution in [-0.4, -0.2) is 48.8 Å². The molecule has 0 aromatic rings. The van der Waals surface area contributed by atoms with E-state index in [9.17, 15) is 0 Å². The molecule has 1 heterocycles. The van der Waals surface area contributed by atoms with Crippen LogP contribution in [0.1, 0.15) is 47.0 Å². The Balaban J connectivity index is 1.76. The third kappa shape index (κ3) is 4.57. The van der Waals surface area contributed by atoms with Crippen molar-refractivity contribution in [1.82, 2.24) is 10.2 Å². The topological polar surface area (TPSA) is 24.5 Å². The zero-order valence-corrected chi connectivity index (χ0v) is 13.7. The van der Waals surface area contributed by atoms with Crippen molar-refractivity contribution in [3.8, 4) is 0 Å². The van der Waals surface area contributed by atoms with Gasteiger partial charge in [0, 0.05) is 25.2 Å². The highest BCUT2D eigenvalue weighted by atomic mass is 16.5. The van der Waals surface area contributed by atoms with Crippen LogP contribution >= 0.6 is 0 Å². The summed E-state index contributed by atoms with van der Waals surface area (Å²) in [4.78, 5) is 2.58. The number of rotatable bonds is 5. The lowest BCUT2D eigenvalue weighted by Crippen LogP contribution is -2.58.